The molecule has 0 saturated heterocycles. The fourth-order valence-corrected chi connectivity index (χ4v) is 7.80. The van der Waals surface area contributed by atoms with E-state index >= 15 is 0 Å². The Kier molecular flexibility index (Phi) is 9.32. The van der Waals surface area contributed by atoms with Gasteiger partial charge in [-0.2, -0.15) is 4.57 Å². The van der Waals surface area contributed by atoms with E-state index in [0.717, 1.165) is 21.8 Å². The molecular weight excluding hydrogens is 558 g/mol. The summed E-state index contributed by atoms with van der Waals surface area (Å²) in [5.74, 6) is -0.431. The van der Waals surface area contributed by atoms with Gasteiger partial charge < -0.3 is 36.3 Å². The summed E-state index contributed by atoms with van der Waals surface area (Å²) in [6.07, 6.45) is 9.33. The summed E-state index contributed by atoms with van der Waals surface area (Å²) < 4.78 is 4.14. The van der Waals surface area contributed by atoms with Crippen LogP contribution in [0.15, 0.2) is 42.5 Å². The van der Waals surface area contributed by atoms with Crippen LogP contribution in [0.5, 0.6) is 0 Å². The van der Waals surface area contributed by atoms with Crippen LogP contribution in [-0.2, 0) is 11.3 Å². The van der Waals surface area contributed by atoms with Gasteiger partial charge in [-0.25, -0.2) is 0 Å². The summed E-state index contributed by atoms with van der Waals surface area (Å²) in [6, 6.07) is 15.5. The Morgan fingerprint density at radius 1 is 1.11 bits per heavy atom. The molecule has 5 nitrogen and oxygen atoms in total. The summed E-state index contributed by atoms with van der Waals surface area (Å²) >= 11 is 1.62. The highest BCUT2D eigenvalue weighted by molar-refractivity contribution is 7.18. The topological polar surface area (TPSA) is 47.2 Å². The highest BCUT2D eigenvalue weighted by atomic mass is 79.9. The van der Waals surface area contributed by atoms with Crippen LogP contribution in [0, 0.1) is 0 Å². The molecule has 0 amide bonds. The molecule has 2 atom stereocenters. The highest BCUT2D eigenvalue weighted by Gasteiger charge is 2.41. The van der Waals surface area contributed by atoms with Crippen molar-refractivity contribution >= 4 is 45.4 Å². The van der Waals surface area contributed by atoms with Crippen molar-refractivity contribution in [3.8, 4) is 0 Å². The van der Waals surface area contributed by atoms with E-state index in [1.807, 2.05) is 28.8 Å². The van der Waals surface area contributed by atoms with E-state index in [1.165, 1.54) is 73.2 Å². The average Bonchev–Trinajstić information content (AvgIpc) is 3.60. The number of fused-ring (bicyclic) bond motifs is 4. The van der Waals surface area contributed by atoms with Crippen LogP contribution in [0.1, 0.15) is 68.5 Å². The number of carboxylic acids is 1. The number of aromatic nitrogens is 1. The van der Waals surface area contributed by atoms with E-state index in [4.69, 9.17) is 0 Å². The molecule has 0 bridgehead atoms. The van der Waals surface area contributed by atoms with Gasteiger partial charge in [0, 0.05) is 42.8 Å². The van der Waals surface area contributed by atoms with E-state index in [-0.39, 0.29) is 23.5 Å². The van der Waals surface area contributed by atoms with Crippen LogP contribution in [0.25, 0.3) is 22.4 Å². The summed E-state index contributed by atoms with van der Waals surface area (Å²) in [4.78, 5) is 14.1. The number of para-hydroxylation sites is 1. The predicted octanol–water partition coefficient (Wildman–Crippen LogP) is 1.84. The van der Waals surface area contributed by atoms with Gasteiger partial charge in [0.05, 0.1) is 26.2 Å². The number of halogens is 1. The third-order valence-electron chi connectivity index (χ3n) is 9.03. The van der Waals surface area contributed by atoms with Crippen molar-refractivity contribution in [3.63, 3.8) is 0 Å². The minimum atomic E-state index is -1.07. The molecule has 1 aliphatic heterocycles. The van der Waals surface area contributed by atoms with Gasteiger partial charge in [0.2, 0.25) is 5.52 Å². The Bertz CT molecular complexity index is 1290. The summed E-state index contributed by atoms with van der Waals surface area (Å²) in [5.41, 5.74) is 5.06. The fraction of sp³-hybridized carbons (Fsp3) is 0.484. The number of hydrogen-bond donors (Lipinski definition) is 0. The third-order valence-corrected chi connectivity index (χ3v) is 10.2. The lowest BCUT2D eigenvalue weighted by Gasteiger charge is -2.37. The number of rotatable bonds is 11. The highest BCUT2D eigenvalue weighted by Crippen LogP contribution is 2.49. The van der Waals surface area contributed by atoms with Crippen molar-refractivity contribution in [3.05, 3.63) is 58.6 Å². The first-order valence-corrected chi connectivity index (χ1v) is 14.8. The van der Waals surface area contributed by atoms with Gasteiger partial charge in [0.15, 0.2) is 6.54 Å². The van der Waals surface area contributed by atoms with Crippen LogP contribution < -0.4 is 31.6 Å². The molecular formula is C31H40BrN3O2S. The molecule has 1 aliphatic carbocycles. The first-order valence-electron chi connectivity index (χ1n) is 14.0. The molecule has 0 radical (unpaired) electrons. The molecule has 5 rings (SSSR count). The lowest BCUT2D eigenvalue weighted by atomic mass is 9.96. The van der Waals surface area contributed by atoms with E-state index in [1.54, 1.807) is 11.3 Å². The smallest absolute Gasteiger partial charge is 0.263 e. The minimum Gasteiger partial charge on any atom is -1.00 e. The van der Waals surface area contributed by atoms with Crippen molar-refractivity contribution in [2.75, 3.05) is 37.6 Å². The van der Waals surface area contributed by atoms with E-state index in [0.29, 0.717) is 12.0 Å². The molecule has 38 heavy (non-hydrogen) atoms. The maximum Gasteiger partial charge on any atom is 0.263 e. The molecule has 2 heterocycles. The Balaban J connectivity index is 0.00000336. The Morgan fingerprint density at radius 3 is 2.61 bits per heavy atom. The molecule has 3 aromatic rings. The molecule has 2 unspecified atom stereocenters. The normalized spacial score (nSPS) is 18.7. The molecule has 0 N–H and O–H groups in total. The van der Waals surface area contributed by atoms with E-state index < -0.39 is 5.97 Å². The number of anilines is 1. The molecule has 7 heteroatoms. The number of thiazole rings is 1. The van der Waals surface area contributed by atoms with Gasteiger partial charge in [-0.1, -0.05) is 36.0 Å². The Morgan fingerprint density at radius 2 is 1.87 bits per heavy atom. The van der Waals surface area contributed by atoms with Gasteiger partial charge in [-0.05, 0) is 69.0 Å². The number of benzene rings is 2. The maximum atomic E-state index is 11.4. The molecule has 2 aromatic carbocycles. The zero-order valence-electron chi connectivity index (χ0n) is 22.9. The number of carbonyl (C=O) groups is 1. The second-order valence-electron chi connectivity index (χ2n) is 10.7. The molecule has 1 saturated carbocycles. The number of aliphatic carboxylic acids is 1. The fourth-order valence-electron chi connectivity index (χ4n) is 6.73. The Labute approximate surface area is 241 Å². The largest absolute Gasteiger partial charge is 1.00 e. The van der Waals surface area contributed by atoms with Crippen molar-refractivity contribution in [1.29, 1.82) is 0 Å². The van der Waals surface area contributed by atoms with Gasteiger partial charge in [0.1, 0.15) is 10.7 Å². The van der Waals surface area contributed by atoms with Crippen LogP contribution in [-0.4, -0.2) is 49.2 Å². The second kappa shape index (κ2) is 12.3. The molecule has 204 valence electrons. The molecule has 1 aromatic heterocycles. The summed E-state index contributed by atoms with van der Waals surface area (Å²) in [5, 5.41) is 12.4. The van der Waals surface area contributed by atoms with Crippen molar-refractivity contribution < 1.29 is 35.9 Å². The number of carbonyl (C=O) groups excluding carboxylic acids is 1. The average molecular weight is 599 g/mol. The number of nitrogens with zero attached hydrogens (tertiary/aromatic N) is 3. The standard InChI is InChI=1S/C31H40N3O2S.BrH/c1-4-34(5-2,6-3)20-10-19-32-26-13-9-11-24(26)25-21-23(15-17-27(25)32)16-18-30-33(22-31(35)36)28-12-7-8-14-29(28)37-30;/h7-8,12,14-18,21,24,26H,4-6,9-11,13,19-20,22H2,1-3H3;1H/q+1;/p-1. The molecule has 1 fully saturated rings. The van der Waals surface area contributed by atoms with E-state index in [2.05, 4.69) is 56.0 Å². The quantitative estimate of drug-likeness (QED) is 0.250. The van der Waals surface area contributed by atoms with Crippen LogP contribution in [0.4, 0.5) is 5.69 Å². The van der Waals surface area contributed by atoms with Crippen LogP contribution in [0.2, 0.25) is 0 Å². The van der Waals surface area contributed by atoms with Gasteiger partial charge in [-0.3, -0.25) is 0 Å². The van der Waals surface area contributed by atoms with Crippen LogP contribution >= 0.6 is 11.3 Å². The molecule has 0 spiro atoms. The SMILES string of the molecule is CC[N+](CC)(CC)CCCN1c2ccc(/C=C/c3sc4ccccc4[n+]3CC(=O)[O-])cc2C2CCCC21.[Br-]. The van der Waals surface area contributed by atoms with Crippen molar-refractivity contribution in [2.24, 2.45) is 0 Å². The van der Waals surface area contributed by atoms with Gasteiger partial charge in [-0.15, -0.1) is 0 Å². The van der Waals surface area contributed by atoms with Crippen molar-refractivity contribution in [2.45, 2.75) is 65.0 Å². The van der Waals surface area contributed by atoms with Crippen molar-refractivity contribution in [1.82, 2.24) is 0 Å². The minimum absolute atomic E-state index is 0. The maximum absolute atomic E-state index is 11.4. The second-order valence-corrected chi connectivity index (χ2v) is 11.7. The van der Waals surface area contributed by atoms with Gasteiger partial charge >= 0.3 is 0 Å². The number of carboxylic acid groups (broad SMARTS) is 1. The van der Waals surface area contributed by atoms with E-state index in [9.17, 15) is 9.90 Å². The zero-order valence-corrected chi connectivity index (χ0v) is 25.3. The lowest BCUT2D eigenvalue weighted by Crippen LogP contribution is -3.00. The lowest BCUT2D eigenvalue weighted by molar-refractivity contribution is -0.923. The number of hydrogen-bond acceptors (Lipinski definition) is 4. The summed E-state index contributed by atoms with van der Waals surface area (Å²) in [6.45, 7) is 12.9. The Hall–Kier alpha value is -2.22. The first kappa shape index (κ1) is 28.8. The predicted molar refractivity (Wildman–Crippen MR) is 151 cm³/mol. The van der Waals surface area contributed by atoms with Gasteiger partial charge in [0.25, 0.3) is 5.01 Å². The monoisotopic (exact) mass is 597 g/mol. The first-order chi connectivity index (χ1) is 18.0. The zero-order chi connectivity index (χ0) is 26.0. The molecule has 2 aliphatic rings. The van der Waals surface area contributed by atoms with Crippen LogP contribution in [0.3, 0.4) is 0 Å². The third kappa shape index (κ3) is 5.56. The number of quaternary nitrogens is 1. The summed E-state index contributed by atoms with van der Waals surface area (Å²) in [7, 11) is 0.